The Morgan fingerprint density at radius 1 is 0.968 bits per heavy atom. The number of urea groups is 1. The first kappa shape index (κ1) is 21.1. The van der Waals surface area contributed by atoms with Gasteiger partial charge in [0.2, 0.25) is 0 Å². The van der Waals surface area contributed by atoms with Gasteiger partial charge in [0.25, 0.3) is 0 Å². The van der Waals surface area contributed by atoms with Crippen molar-refractivity contribution < 1.29 is 4.79 Å². The number of nitrogens with zero attached hydrogens (tertiary/aromatic N) is 4. The van der Waals surface area contributed by atoms with Crippen LogP contribution in [0.25, 0.3) is 11.3 Å². The second-order valence-electron chi connectivity index (χ2n) is 7.71. The molecule has 1 fully saturated rings. The quantitative estimate of drug-likeness (QED) is 0.629. The number of benzene rings is 2. The zero-order valence-electron chi connectivity index (χ0n) is 17.6. The molecule has 1 saturated heterocycles. The molecule has 160 valence electrons. The summed E-state index contributed by atoms with van der Waals surface area (Å²) >= 11 is 6.16. The number of aromatic nitrogens is 2. The largest absolute Gasteiger partial charge is 0.353 e. The molecule has 3 aromatic rings. The van der Waals surface area contributed by atoms with Crippen LogP contribution in [0.4, 0.5) is 22.0 Å². The van der Waals surface area contributed by atoms with Crippen LogP contribution in [0.5, 0.6) is 0 Å². The lowest BCUT2D eigenvalue weighted by Gasteiger charge is -2.32. The van der Waals surface area contributed by atoms with Gasteiger partial charge in [0, 0.05) is 37.4 Å². The van der Waals surface area contributed by atoms with Gasteiger partial charge in [-0.3, -0.25) is 0 Å². The van der Waals surface area contributed by atoms with Crippen molar-refractivity contribution in [3.8, 4) is 11.3 Å². The summed E-state index contributed by atoms with van der Waals surface area (Å²) in [6.07, 6.45) is 0. The number of anilines is 3. The number of aryl methyl sites for hydroxylation is 1. The second kappa shape index (κ2) is 9.32. The molecule has 0 saturated carbocycles. The minimum Gasteiger partial charge on any atom is -0.353 e. The fourth-order valence-electron chi connectivity index (χ4n) is 3.46. The van der Waals surface area contributed by atoms with E-state index in [-0.39, 0.29) is 6.03 Å². The number of hydrogen-bond donors (Lipinski definition) is 2. The molecule has 4 rings (SSSR count). The van der Waals surface area contributed by atoms with Gasteiger partial charge >= 0.3 is 6.03 Å². The molecule has 8 heteroatoms. The Morgan fingerprint density at radius 3 is 2.52 bits per heavy atom. The molecule has 0 spiro atoms. The fraction of sp³-hybridized carbons (Fsp3) is 0.261. The van der Waals surface area contributed by atoms with Gasteiger partial charge in [-0.15, -0.1) is 10.2 Å². The van der Waals surface area contributed by atoms with Crippen molar-refractivity contribution >= 4 is 34.8 Å². The van der Waals surface area contributed by atoms with Crippen molar-refractivity contribution in [1.29, 1.82) is 0 Å². The molecule has 1 aliphatic heterocycles. The zero-order valence-corrected chi connectivity index (χ0v) is 18.4. The van der Waals surface area contributed by atoms with E-state index in [2.05, 4.69) is 37.7 Å². The lowest BCUT2D eigenvalue weighted by atomic mass is 10.1. The average Bonchev–Trinajstić information content (AvgIpc) is 2.77. The van der Waals surface area contributed by atoms with Gasteiger partial charge in [-0.25, -0.2) is 4.79 Å². The number of carbonyl (C=O) groups excluding carboxylic acids is 1. The molecule has 0 bridgehead atoms. The Kier molecular flexibility index (Phi) is 6.34. The monoisotopic (exact) mass is 436 g/mol. The van der Waals surface area contributed by atoms with Crippen molar-refractivity contribution in [3.63, 3.8) is 0 Å². The molecule has 7 nitrogen and oxygen atoms in total. The number of piperazine rings is 1. The first-order valence-corrected chi connectivity index (χ1v) is 10.6. The molecule has 1 aromatic heterocycles. The predicted molar refractivity (Wildman–Crippen MR) is 126 cm³/mol. The summed E-state index contributed by atoms with van der Waals surface area (Å²) in [6.45, 7) is 5.88. The summed E-state index contributed by atoms with van der Waals surface area (Å²) in [5, 5.41) is 14.9. The first-order valence-electron chi connectivity index (χ1n) is 10.2. The third-order valence-corrected chi connectivity index (χ3v) is 5.59. The van der Waals surface area contributed by atoms with E-state index in [1.54, 1.807) is 6.07 Å². The molecule has 2 amide bonds. The van der Waals surface area contributed by atoms with Gasteiger partial charge in [0.05, 0.1) is 16.4 Å². The average molecular weight is 437 g/mol. The number of rotatable bonds is 4. The van der Waals surface area contributed by atoms with Crippen LogP contribution in [-0.2, 0) is 0 Å². The van der Waals surface area contributed by atoms with Crippen molar-refractivity contribution in [2.45, 2.75) is 6.92 Å². The highest BCUT2D eigenvalue weighted by atomic mass is 35.5. The van der Waals surface area contributed by atoms with E-state index in [1.165, 1.54) is 0 Å². The maximum absolute atomic E-state index is 12.4. The standard InChI is InChI=1S/C23H25ClN6O/c1-16-6-7-19(24)21(14-16)26-23(31)25-18-5-3-4-17(15-18)20-8-9-22(28-27-20)30-12-10-29(2)11-13-30/h3-9,14-15H,10-13H2,1-2H3,(H2,25,26,31). The van der Waals surface area contributed by atoms with Crippen molar-refractivity contribution in [1.82, 2.24) is 15.1 Å². The number of nitrogens with one attached hydrogen (secondary N) is 2. The molecule has 31 heavy (non-hydrogen) atoms. The van der Waals surface area contributed by atoms with Crippen molar-refractivity contribution in [2.24, 2.45) is 0 Å². The molecule has 2 aromatic carbocycles. The number of amides is 2. The summed E-state index contributed by atoms with van der Waals surface area (Å²) in [7, 11) is 2.13. The number of carbonyl (C=O) groups is 1. The van der Waals surface area contributed by atoms with E-state index in [0.717, 1.165) is 48.8 Å². The van der Waals surface area contributed by atoms with Gasteiger partial charge in [-0.2, -0.15) is 0 Å². The highest BCUT2D eigenvalue weighted by Crippen LogP contribution is 2.24. The smallest absolute Gasteiger partial charge is 0.323 e. The summed E-state index contributed by atoms with van der Waals surface area (Å²) < 4.78 is 0. The van der Waals surface area contributed by atoms with Crippen molar-refractivity contribution in [3.05, 3.63) is 65.2 Å². The normalized spacial score (nSPS) is 14.4. The fourth-order valence-corrected chi connectivity index (χ4v) is 3.62. The minimum atomic E-state index is -0.360. The Hall–Kier alpha value is -3.16. The van der Waals surface area contributed by atoms with Crippen LogP contribution < -0.4 is 15.5 Å². The molecule has 0 unspecified atom stereocenters. The Bertz CT molecular complexity index is 1060. The van der Waals surface area contributed by atoms with Crippen LogP contribution in [0.3, 0.4) is 0 Å². The lowest BCUT2D eigenvalue weighted by Crippen LogP contribution is -2.44. The molecular formula is C23H25ClN6O. The second-order valence-corrected chi connectivity index (χ2v) is 8.12. The lowest BCUT2D eigenvalue weighted by molar-refractivity contribution is 0.262. The first-order chi connectivity index (χ1) is 15.0. The van der Waals surface area contributed by atoms with E-state index < -0.39 is 0 Å². The molecule has 2 heterocycles. The summed E-state index contributed by atoms with van der Waals surface area (Å²) in [5.74, 6) is 0.889. The van der Waals surface area contributed by atoms with Gasteiger partial charge < -0.3 is 20.4 Å². The molecule has 2 N–H and O–H groups in total. The Morgan fingerprint density at radius 2 is 1.77 bits per heavy atom. The number of likely N-dealkylation sites (N-methyl/N-ethyl adjacent to an activating group) is 1. The Balaban J connectivity index is 1.43. The van der Waals surface area contributed by atoms with Crippen molar-refractivity contribution in [2.75, 3.05) is 48.8 Å². The SMILES string of the molecule is Cc1ccc(Cl)c(NC(=O)Nc2cccc(-c3ccc(N4CCN(C)CC4)nn3)c2)c1. The highest BCUT2D eigenvalue weighted by Gasteiger charge is 2.16. The molecule has 0 atom stereocenters. The van der Waals surface area contributed by atoms with Gasteiger partial charge in [-0.1, -0.05) is 29.8 Å². The van der Waals surface area contributed by atoms with Gasteiger partial charge in [0.1, 0.15) is 0 Å². The molecule has 0 aliphatic carbocycles. The van der Waals surface area contributed by atoms with E-state index in [4.69, 9.17) is 11.6 Å². The Labute approximate surface area is 187 Å². The topological polar surface area (TPSA) is 73.4 Å². The van der Waals surface area contributed by atoms with E-state index in [0.29, 0.717) is 16.4 Å². The summed E-state index contributed by atoms with van der Waals surface area (Å²) in [6, 6.07) is 16.6. The number of halogens is 1. The van der Waals surface area contributed by atoms with Crippen LogP contribution in [0.1, 0.15) is 5.56 Å². The molecular weight excluding hydrogens is 412 g/mol. The maximum atomic E-state index is 12.4. The van der Waals surface area contributed by atoms with E-state index >= 15 is 0 Å². The summed E-state index contributed by atoms with van der Waals surface area (Å²) in [5.41, 5.74) is 3.87. The van der Waals surface area contributed by atoms with Crippen LogP contribution in [-0.4, -0.2) is 54.4 Å². The molecule has 0 radical (unpaired) electrons. The summed E-state index contributed by atoms with van der Waals surface area (Å²) in [4.78, 5) is 17.0. The zero-order chi connectivity index (χ0) is 21.8. The van der Waals surface area contributed by atoms with Gasteiger partial charge in [0.15, 0.2) is 5.82 Å². The number of hydrogen-bond acceptors (Lipinski definition) is 5. The third kappa shape index (κ3) is 5.31. The molecule has 1 aliphatic rings. The maximum Gasteiger partial charge on any atom is 0.323 e. The van der Waals surface area contributed by atoms with Crippen LogP contribution in [0.2, 0.25) is 5.02 Å². The van der Waals surface area contributed by atoms with Gasteiger partial charge in [-0.05, 0) is 55.9 Å². The highest BCUT2D eigenvalue weighted by molar-refractivity contribution is 6.33. The van der Waals surface area contributed by atoms with E-state index in [9.17, 15) is 4.79 Å². The van der Waals surface area contributed by atoms with Crippen LogP contribution in [0.15, 0.2) is 54.6 Å². The van der Waals surface area contributed by atoms with Crippen LogP contribution in [0, 0.1) is 6.92 Å². The van der Waals surface area contributed by atoms with Crippen LogP contribution >= 0.6 is 11.6 Å². The minimum absolute atomic E-state index is 0.360. The third-order valence-electron chi connectivity index (χ3n) is 5.26. The predicted octanol–water partition coefficient (Wildman–Crippen LogP) is 4.50. The van der Waals surface area contributed by atoms with E-state index in [1.807, 2.05) is 55.5 Å².